The average molecular weight is 316 g/mol. The second-order valence-electron chi connectivity index (χ2n) is 4.87. The first kappa shape index (κ1) is 14.5. The van der Waals surface area contributed by atoms with E-state index in [0.717, 1.165) is 0 Å². The molecule has 3 rings (SSSR count). The summed E-state index contributed by atoms with van der Waals surface area (Å²) in [4.78, 5) is 23.1. The number of ketones is 1. The fraction of sp³-hybridized carbons (Fsp3) is 0.188. The smallest absolute Gasteiger partial charge is 0.354 e. The summed E-state index contributed by atoms with van der Waals surface area (Å²) in [5.74, 6) is -0.114. The Morgan fingerprint density at radius 1 is 1.36 bits per heavy atom. The van der Waals surface area contributed by atoms with Crippen LogP contribution in [0.5, 0.6) is 0 Å². The zero-order valence-corrected chi connectivity index (χ0v) is 12.1. The molecular formula is C16H10ClNO4. The van der Waals surface area contributed by atoms with Crippen molar-refractivity contribution in [3.8, 4) is 6.07 Å². The summed E-state index contributed by atoms with van der Waals surface area (Å²) in [6.45, 7) is -0.0107. The molecule has 2 aromatic rings. The van der Waals surface area contributed by atoms with Crippen LogP contribution in [0.3, 0.4) is 0 Å². The van der Waals surface area contributed by atoms with Gasteiger partial charge in [0, 0.05) is 16.8 Å². The lowest BCUT2D eigenvalue weighted by atomic mass is 9.98. The van der Waals surface area contributed by atoms with Crippen LogP contribution in [0, 0.1) is 11.3 Å². The first-order valence-corrected chi connectivity index (χ1v) is 6.94. The van der Waals surface area contributed by atoms with Crippen LogP contribution in [0.25, 0.3) is 11.0 Å². The van der Waals surface area contributed by atoms with E-state index in [2.05, 4.69) is 0 Å². The summed E-state index contributed by atoms with van der Waals surface area (Å²) in [6.07, 6.45) is 2.97. The van der Waals surface area contributed by atoms with E-state index in [1.54, 1.807) is 24.3 Å². The summed E-state index contributed by atoms with van der Waals surface area (Å²) >= 11 is 6.00. The number of ether oxygens (including phenoxy) is 1. The number of carbonyl (C=O) groups excluding carboxylic acids is 1. The third-order valence-corrected chi connectivity index (χ3v) is 3.66. The molecule has 1 aliphatic heterocycles. The number of hydrogen-bond acceptors (Lipinski definition) is 5. The van der Waals surface area contributed by atoms with Gasteiger partial charge in [0.05, 0.1) is 6.10 Å². The standard InChI is InChI=1S/C16H10ClNO4/c17-9-1-4-15-13(5-9)12(14(7-18)16(20)22-15)6-11-3-2-10(19)8-21-11/h1-5,11H,6,8H2. The first-order chi connectivity index (χ1) is 10.6. The van der Waals surface area contributed by atoms with E-state index in [1.165, 1.54) is 6.08 Å². The van der Waals surface area contributed by atoms with Gasteiger partial charge >= 0.3 is 5.63 Å². The monoisotopic (exact) mass is 315 g/mol. The van der Waals surface area contributed by atoms with Crippen LogP contribution in [-0.2, 0) is 16.0 Å². The molecule has 0 fully saturated rings. The van der Waals surface area contributed by atoms with E-state index in [-0.39, 0.29) is 30.5 Å². The highest BCUT2D eigenvalue weighted by Gasteiger charge is 2.20. The maximum atomic E-state index is 11.9. The lowest BCUT2D eigenvalue weighted by Gasteiger charge is -2.18. The third kappa shape index (κ3) is 2.67. The Labute approximate surface area is 130 Å². The number of nitrogens with zero attached hydrogens (tertiary/aromatic N) is 1. The molecule has 6 heteroatoms. The largest absolute Gasteiger partial charge is 0.422 e. The molecule has 0 aliphatic carbocycles. The number of rotatable bonds is 2. The van der Waals surface area contributed by atoms with Crippen LogP contribution < -0.4 is 5.63 Å². The quantitative estimate of drug-likeness (QED) is 0.795. The van der Waals surface area contributed by atoms with Crippen LogP contribution in [0.1, 0.15) is 11.1 Å². The highest BCUT2D eigenvalue weighted by molar-refractivity contribution is 6.31. The van der Waals surface area contributed by atoms with Gasteiger partial charge in [0.15, 0.2) is 5.78 Å². The van der Waals surface area contributed by atoms with E-state index < -0.39 is 5.63 Å². The van der Waals surface area contributed by atoms with Gasteiger partial charge in [-0.15, -0.1) is 0 Å². The van der Waals surface area contributed by atoms with Crippen LogP contribution in [0.4, 0.5) is 0 Å². The van der Waals surface area contributed by atoms with E-state index in [0.29, 0.717) is 21.6 Å². The molecule has 0 radical (unpaired) electrons. The Morgan fingerprint density at radius 2 is 2.18 bits per heavy atom. The van der Waals surface area contributed by atoms with Crippen LogP contribution in [0.15, 0.2) is 39.6 Å². The molecule has 5 nitrogen and oxygen atoms in total. The van der Waals surface area contributed by atoms with Crippen molar-refractivity contribution in [1.82, 2.24) is 0 Å². The molecule has 1 unspecified atom stereocenters. The summed E-state index contributed by atoms with van der Waals surface area (Å²) in [5.41, 5.74) is 0.117. The molecule has 0 saturated heterocycles. The molecule has 0 N–H and O–H groups in total. The predicted molar refractivity (Wildman–Crippen MR) is 79.8 cm³/mol. The van der Waals surface area contributed by atoms with Gasteiger partial charge in [-0.2, -0.15) is 5.26 Å². The zero-order chi connectivity index (χ0) is 15.7. The molecule has 0 amide bonds. The normalized spacial score (nSPS) is 17.6. The average Bonchev–Trinajstić information content (AvgIpc) is 2.50. The van der Waals surface area contributed by atoms with Crippen molar-refractivity contribution < 1.29 is 13.9 Å². The van der Waals surface area contributed by atoms with Crippen LogP contribution in [0.2, 0.25) is 5.02 Å². The molecule has 0 spiro atoms. The lowest BCUT2D eigenvalue weighted by molar-refractivity contribution is -0.121. The van der Waals surface area contributed by atoms with Crippen molar-refractivity contribution in [2.75, 3.05) is 6.61 Å². The molecule has 1 aliphatic rings. The number of benzene rings is 1. The molecule has 1 aromatic carbocycles. The summed E-state index contributed by atoms with van der Waals surface area (Å²) < 4.78 is 10.5. The molecule has 1 atom stereocenters. The first-order valence-electron chi connectivity index (χ1n) is 6.56. The van der Waals surface area contributed by atoms with E-state index >= 15 is 0 Å². The van der Waals surface area contributed by atoms with Crippen molar-refractivity contribution in [2.45, 2.75) is 12.5 Å². The Balaban J connectivity index is 2.15. The maximum Gasteiger partial charge on any atom is 0.354 e. The van der Waals surface area contributed by atoms with Gasteiger partial charge in [0.2, 0.25) is 0 Å². The number of carbonyl (C=O) groups is 1. The molecule has 2 heterocycles. The lowest BCUT2D eigenvalue weighted by Crippen LogP contribution is -2.24. The Hall–Kier alpha value is -2.42. The van der Waals surface area contributed by atoms with Gasteiger partial charge in [-0.05, 0) is 29.8 Å². The topological polar surface area (TPSA) is 80.3 Å². The predicted octanol–water partition coefficient (Wildman–Crippen LogP) is 2.38. The van der Waals surface area contributed by atoms with Gasteiger partial charge < -0.3 is 9.15 Å². The summed E-state index contributed by atoms with van der Waals surface area (Å²) in [7, 11) is 0. The summed E-state index contributed by atoms with van der Waals surface area (Å²) in [5, 5.41) is 10.3. The SMILES string of the molecule is N#Cc1c(CC2C=CC(=O)CO2)c2cc(Cl)ccc2oc1=O. The third-order valence-electron chi connectivity index (χ3n) is 3.43. The Bertz CT molecular complexity index is 891. The van der Waals surface area contributed by atoms with Gasteiger partial charge in [-0.3, -0.25) is 4.79 Å². The highest BCUT2D eigenvalue weighted by Crippen LogP contribution is 2.25. The molecule has 22 heavy (non-hydrogen) atoms. The summed E-state index contributed by atoms with van der Waals surface area (Å²) in [6, 6.07) is 6.72. The molecular weight excluding hydrogens is 306 g/mol. The fourth-order valence-corrected chi connectivity index (χ4v) is 2.57. The second kappa shape index (κ2) is 5.76. The minimum Gasteiger partial charge on any atom is -0.422 e. The van der Waals surface area contributed by atoms with Gasteiger partial charge in [0.25, 0.3) is 0 Å². The number of halogens is 1. The number of hydrogen-bond donors (Lipinski definition) is 0. The van der Waals surface area contributed by atoms with Crippen LogP contribution >= 0.6 is 11.6 Å². The van der Waals surface area contributed by atoms with Crippen molar-refractivity contribution in [3.05, 3.63) is 56.9 Å². The Morgan fingerprint density at radius 3 is 2.86 bits per heavy atom. The maximum absolute atomic E-state index is 11.9. The van der Waals surface area contributed by atoms with Gasteiger partial charge in [-0.25, -0.2) is 4.79 Å². The molecule has 0 bridgehead atoms. The highest BCUT2D eigenvalue weighted by atomic mass is 35.5. The van der Waals surface area contributed by atoms with Gasteiger partial charge in [-0.1, -0.05) is 17.7 Å². The molecule has 0 saturated carbocycles. The van der Waals surface area contributed by atoms with Crippen molar-refractivity contribution in [1.29, 1.82) is 5.26 Å². The number of nitriles is 1. The van der Waals surface area contributed by atoms with Crippen molar-refractivity contribution in [3.63, 3.8) is 0 Å². The minimum atomic E-state index is -0.691. The molecule has 1 aromatic heterocycles. The second-order valence-corrected chi connectivity index (χ2v) is 5.31. The van der Waals surface area contributed by atoms with Gasteiger partial charge in [0.1, 0.15) is 23.8 Å². The van der Waals surface area contributed by atoms with Crippen molar-refractivity contribution >= 4 is 28.4 Å². The van der Waals surface area contributed by atoms with E-state index in [9.17, 15) is 14.9 Å². The minimum absolute atomic E-state index is 0.0107. The number of fused-ring (bicyclic) bond motifs is 1. The zero-order valence-electron chi connectivity index (χ0n) is 11.3. The van der Waals surface area contributed by atoms with E-state index in [1.807, 2.05) is 6.07 Å². The van der Waals surface area contributed by atoms with Crippen molar-refractivity contribution in [2.24, 2.45) is 0 Å². The van der Waals surface area contributed by atoms with E-state index in [4.69, 9.17) is 20.8 Å². The Kier molecular flexibility index (Phi) is 3.80. The molecule has 110 valence electrons. The fourth-order valence-electron chi connectivity index (χ4n) is 2.40. The van der Waals surface area contributed by atoms with Crippen LogP contribution in [-0.4, -0.2) is 18.5 Å².